The number of amides is 1. The van der Waals surface area contributed by atoms with E-state index in [4.69, 9.17) is 5.73 Å². The minimum atomic E-state index is -3.72. The molecule has 1 amide bonds. The lowest BCUT2D eigenvalue weighted by atomic mass is 9.83. The summed E-state index contributed by atoms with van der Waals surface area (Å²) in [6.07, 6.45) is 5.07. The van der Waals surface area contributed by atoms with Crippen molar-refractivity contribution in [2.75, 3.05) is 12.3 Å². The monoisotopic (exact) mass is 449 g/mol. The second kappa shape index (κ2) is 13.6. The first-order valence-electron chi connectivity index (χ1n) is 11.4. The van der Waals surface area contributed by atoms with Gasteiger partial charge in [-0.1, -0.05) is 59.3 Å². The molecule has 0 radical (unpaired) electrons. The zero-order chi connectivity index (χ0) is 22.7. The highest BCUT2D eigenvalue weighted by Crippen LogP contribution is 2.28. The molecule has 1 fully saturated rings. The third-order valence-electron chi connectivity index (χ3n) is 5.75. The van der Waals surface area contributed by atoms with Crippen molar-refractivity contribution < 1.29 is 23.4 Å². The van der Waals surface area contributed by atoms with E-state index < -0.39 is 40.1 Å². The Hall–Kier alpha value is -0.740. The van der Waals surface area contributed by atoms with Crippen LogP contribution in [0.4, 0.5) is 0 Å². The summed E-state index contributed by atoms with van der Waals surface area (Å²) in [7, 11) is -3.72. The Morgan fingerprint density at radius 1 is 1.17 bits per heavy atom. The summed E-state index contributed by atoms with van der Waals surface area (Å²) >= 11 is 0. The standard InChI is InChI=1S/C21H43N3O5S/c1-4-5-11-23-30(28,29)14-19(25)20(26)18(13-16-9-7-6-8-10-16)24-21(27)17(22)12-15(2)3/h15-20,23,25-26H,4-14,22H2,1-3H3,(H,24,27)/t17-,18+,19+,20?/m0/s1. The maximum atomic E-state index is 12.6. The number of nitrogens with one attached hydrogen (secondary N) is 2. The van der Waals surface area contributed by atoms with E-state index in [1.165, 1.54) is 6.42 Å². The largest absolute Gasteiger partial charge is 0.389 e. The Bertz CT molecular complexity index is 593. The molecule has 0 saturated heterocycles. The predicted octanol–water partition coefficient (Wildman–Crippen LogP) is 1.26. The normalized spacial score (nSPS) is 20.0. The van der Waals surface area contributed by atoms with Crippen molar-refractivity contribution in [1.29, 1.82) is 0 Å². The van der Waals surface area contributed by atoms with Gasteiger partial charge < -0.3 is 21.3 Å². The van der Waals surface area contributed by atoms with E-state index in [0.717, 1.165) is 32.1 Å². The number of hydrogen-bond acceptors (Lipinski definition) is 6. The number of nitrogens with two attached hydrogens (primary N) is 1. The zero-order valence-corrected chi connectivity index (χ0v) is 19.7. The molecule has 0 spiro atoms. The SMILES string of the molecule is CCCCNS(=O)(=O)C[C@@H](O)C(O)[C@@H](CC1CCCCC1)NC(=O)[C@@H](N)CC(C)C. The van der Waals surface area contributed by atoms with Crippen molar-refractivity contribution in [3.63, 3.8) is 0 Å². The highest BCUT2D eigenvalue weighted by atomic mass is 32.2. The molecule has 8 nitrogen and oxygen atoms in total. The average molecular weight is 450 g/mol. The van der Waals surface area contributed by atoms with Crippen molar-refractivity contribution in [3.05, 3.63) is 0 Å². The van der Waals surface area contributed by atoms with E-state index in [2.05, 4.69) is 10.0 Å². The Labute approximate surface area is 182 Å². The number of hydrogen-bond donors (Lipinski definition) is 5. The van der Waals surface area contributed by atoms with E-state index in [9.17, 15) is 23.4 Å². The average Bonchev–Trinajstić information content (AvgIpc) is 2.66. The molecule has 178 valence electrons. The van der Waals surface area contributed by atoms with Gasteiger partial charge in [0.15, 0.2) is 0 Å². The van der Waals surface area contributed by atoms with Crippen LogP contribution in [0.3, 0.4) is 0 Å². The first kappa shape index (κ1) is 27.3. The Morgan fingerprint density at radius 2 is 1.80 bits per heavy atom. The summed E-state index contributed by atoms with van der Waals surface area (Å²) in [6, 6.07) is -1.44. The van der Waals surface area contributed by atoms with Gasteiger partial charge in [0, 0.05) is 6.54 Å². The molecule has 4 atom stereocenters. The zero-order valence-electron chi connectivity index (χ0n) is 18.8. The van der Waals surface area contributed by atoms with Crippen LogP contribution in [0.1, 0.15) is 78.6 Å². The summed E-state index contributed by atoms with van der Waals surface area (Å²) in [5.74, 6) is -0.406. The molecule has 30 heavy (non-hydrogen) atoms. The van der Waals surface area contributed by atoms with Gasteiger partial charge in [0.1, 0.15) is 6.10 Å². The first-order chi connectivity index (χ1) is 14.1. The third-order valence-corrected chi connectivity index (χ3v) is 7.18. The molecule has 9 heteroatoms. The van der Waals surface area contributed by atoms with Gasteiger partial charge >= 0.3 is 0 Å². The molecule has 0 aromatic heterocycles. The van der Waals surface area contributed by atoms with Gasteiger partial charge in [-0.05, 0) is 31.1 Å². The van der Waals surface area contributed by atoms with Gasteiger partial charge in [-0.3, -0.25) is 4.79 Å². The number of aliphatic hydroxyl groups is 2. The van der Waals surface area contributed by atoms with Crippen LogP contribution in [0, 0.1) is 11.8 Å². The smallest absolute Gasteiger partial charge is 0.237 e. The van der Waals surface area contributed by atoms with Crippen LogP contribution in [-0.2, 0) is 14.8 Å². The van der Waals surface area contributed by atoms with Crippen LogP contribution < -0.4 is 15.8 Å². The van der Waals surface area contributed by atoms with E-state index in [-0.39, 0.29) is 11.8 Å². The summed E-state index contributed by atoms with van der Waals surface area (Å²) in [5, 5.41) is 24.0. The summed E-state index contributed by atoms with van der Waals surface area (Å²) in [6.45, 7) is 6.20. The minimum absolute atomic E-state index is 0.248. The number of rotatable bonds is 14. The number of sulfonamides is 1. The van der Waals surface area contributed by atoms with E-state index >= 15 is 0 Å². The lowest BCUT2D eigenvalue weighted by Gasteiger charge is -2.33. The molecule has 1 unspecified atom stereocenters. The molecule has 0 heterocycles. The molecule has 1 aliphatic carbocycles. The molecule has 1 aliphatic rings. The molecule has 0 aliphatic heterocycles. The van der Waals surface area contributed by atoms with Crippen LogP contribution in [0.15, 0.2) is 0 Å². The topological polar surface area (TPSA) is 142 Å². The summed E-state index contributed by atoms with van der Waals surface area (Å²) in [5.41, 5.74) is 5.98. The maximum absolute atomic E-state index is 12.6. The van der Waals surface area contributed by atoms with Crippen molar-refractivity contribution in [2.24, 2.45) is 17.6 Å². The van der Waals surface area contributed by atoms with Gasteiger partial charge in [0.2, 0.25) is 15.9 Å². The van der Waals surface area contributed by atoms with Gasteiger partial charge in [-0.15, -0.1) is 0 Å². The van der Waals surface area contributed by atoms with Crippen LogP contribution in [0.25, 0.3) is 0 Å². The Balaban J connectivity index is 2.80. The Morgan fingerprint density at radius 3 is 2.37 bits per heavy atom. The Kier molecular flexibility index (Phi) is 12.4. The van der Waals surface area contributed by atoms with E-state index in [1.54, 1.807) is 0 Å². The van der Waals surface area contributed by atoms with Crippen LogP contribution >= 0.6 is 0 Å². The van der Waals surface area contributed by atoms with E-state index in [0.29, 0.717) is 31.7 Å². The van der Waals surface area contributed by atoms with Gasteiger partial charge in [0.25, 0.3) is 0 Å². The quantitative estimate of drug-likeness (QED) is 0.253. The fraction of sp³-hybridized carbons (Fsp3) is 0.952. The fourth-order valence-corrected chi connectivity index (χ4v) is 5.25. The molecule has 6 N–H and O–H groups in total. The van der Waals surface area contributed by atoms with Crippen LogP contribution in [0.5, 0.6) is 0 Å². The van der Waals surface area contributed by atoms with Crippen molar-refractivity contribution in [1.82, 2.24) is 10.0 Å². The van der Waals surface area contributed by atoms with Crippen molar-refractivity contribution >= 4 is 15.9 Å². The molecule has 0 bridgehead atoms. The van der Waals surface area contributed by atoms with E-state index in [1.807, 2.05) is 20.8 Å². The summed E-state index contributed by atoms with van der Waals surface area (Å²) in [4.78, 5) is 12.6. The first-order valence-corrected chi connectivity index (χ1v) is 13.1. The minimum Gasteiger partial charge on any atom is -0.389 e. The number of carbonyl (C=O) groups is 1. The molecular formula is C21H43N3O5S. The second-order valence-corrected chi connectivity index (χ2v) is 11.0. The van der Waals surface area contributed by atoms with Gasteiger partial charge in [-0.2, -0.15) is 0 Å². The van der Waals surface area contributed by atoms with Gasteiger partial charge in [0.05, 0.1) is 23.9 Å². The lowest BCUT2D eigenvalue weighted by molar-refractivity contribution is -0.125. The predicted molar refractivity (Wildman–Crippen MR) is 119 cm³/mol. The molecule has 0 aromatic carbocycles. The third kappa shape index (κ3) is 10.5. The van der Waals surface area contributed by atoms with Crippen LogP contribution in [-0.4, -0.2) is 61.1 Å². The maximum Gasteiger partial charge on any atom is 0.237 e. The highest BCUT2D eigenvalue weighted by molar-refractivity contribution is 7.89. The molecule has 0 aromatic rings. The lowest BCUT2D eigenvalue weighted by Crippen LogP contribution is -2.55. The fourth-order valence-electron chi connectivity index (χ4n) is 4.03. The molecule has 1 rings (SSSR count). The number of unbranched alkanes of at least 4 members (excludes halogenated alkanes) is 1. The van der Waals surface area contributed by atoms with Crippen molar-refractivity contribution in [2.45, 2.75) is 103 Å². The number of aliphatic hydroxyl groups excluding tert-OH is 2. The second-order valence-electron chi connectivity index (χ2n) is 9.18. The van der Waals surface area contributed by atoms with Gasteiger partial charge in [-0.25, -0.2) is 13.1 Å². The summed E-state index contributed by atoms with van der Waals surface area (Å²) < 4.78 is 26.8. The highest BCUT2D eigenvalue weighted by Gasteiger charge is 2.34. The number of carbonyl (C=O) groups excluding carboxylic acids is 1. The molecular weight excluding hydrogens is 406 g/mol. The van der Waals surface area contributed by atoms with Crippen molar-refractivity contribution in [3.8, 4) is 0 Å². The van der Waals surface area contributed by atoms with Crippen LogP contribution in [0.2, 0.25) is 0 Å². The molecule has 1 saturated carbocycles.